The van der Waals surface area contributed by atoms with Gasteiger partial charge >= 0.3 is 0 Å². The van der Waals surface area contributed by atoms with E-state index < -0.39 is 0 Å². The molecule has 1 aromatic rings. The molecule has 1 N–H and O–H groups in total. The van der Waals surface area contributed by atoms with Crippen LogP contribution in [0.1, 0.15) is 12.2 Å². The summed E-state index contributed by atoms with van der Waals surface area (Å²) in [5.74, 6) is 2.46. The van der Waals surface area contributed by atoms with Crippen LogP contribution in [-0.4, -0.2) is 35.7 Å². The number of piperazine rings is 1. The number of fused-ring (bicyclic) bond motifs is 1. The van der Waals surface area contributed by atoms with E-state index in [0.29, 0.717) is 0 Å². The van der Waals surface area contributed by atoms with Gasteiger partial charge in [0.1, 0.15) is 11.6 Å². The van der Waals surface area contributed by atoms with Gasteiger partial charge in [0, 0.05) is 45.3 Å². The molecule has 0 spiro atoms. The van der Waals surface area contributed by atoms with Crippen LogP contribution in [-0.2, 0) is 13.0 Å². The molecule has 1 fully saturated rings. The second kappa shape index (κ2) is 3.28. The van der Waals surface area contributed by atoms with Crippen LogP contribution in [0.5, 0.6) is 0 Å². The summed E-state index contributed by atoms with van der Waals surface area (Å²) in [6.45, 7) is 5.52. The molecule has 3 rings (SSSR count). The van der Waals surface area contributed by atoms with E-state index in [2.05, 4.69) is 26.0 Å². The van der Waals surface area contributed by atoms with E-state index in [4.69, 9.17) is 0 Å². The van der Waals surface area contributed by atoms with E-state index in [-0.39, 0.29) is 0 Å². The number of nitrogens with zero attached hydrogens (tertiary/aromatic N) is 3. The largest absolute Gasteiger partial charge is 0.353 e. The van der Waals surface area contributed by atoms with Crippen molar-refractivity contribution in [3.05, 3.63) is 12.0 Å². The minimum absolute atomic E-state index is 1.09. The molecule has 0 atom stereocenters. The molecule has 0 aliphatic carbocycles. The minimum atomic E-state index is 1.09. The Bertz CT molecular complexity index is 303. The smallest absolute Gasteiger partial charge is 0.147 e. The molecule has 0 saturated carbocycles. The van der Waals surface area contributed by atoms with Crippen molar-refractivity contribution in [2.24, 2.45) is 0 Å². The summed E-state index contributed by atoms with van der Waals surface area (Å²) >= 11 is 0. The van der Waals surface area contributed by atoms with Crippen LogP contribution in [0, 0.1) is 0 Å². The van der Waals surface area contributed by atoms with Gasteiger partial charge in [0.25, 0.3) is 0 Å². The Labute approximate surface area is 83.9 Å². The maximum absolute atomic E-state index is 4.68. The molecule has 4 nitrogen and oxygen atoms in total. The van der Waals surface area contributed by atoms with Crippen LogP contribution in [0.4, 0.5) is 5.82 Å². The molecule has 1 aromatic heterocycles. The maximum Gasteiger partial charge on any atom is 0.147 e. The van der Waals surface area contributed by atoms with Crippen molar-refractivity contribution in [2.45, 2.75) is 19.4 Å². The third-order valence-electron chi connectivity index (χ3n) is 3.09. The number of nitrogens with one attached hydrogen (secondary N) is 1. The van der Waals surface area contributed by atoms with Crippen molar-refractivity contribution in [1.82, 2.24) is 14.9 Å². The standard InChI is InChI=1S/C10H16N4/c1-2-9-12-10(8-14(9)5-1)13-6-3-11-4-7-13/h8,11H,1-7H2. The molecule has 0 bridgehead atoms. The van der Waals surface area contributed by atoms with E-state index in [1.807, 2.05) is 0 Å². The highest BCUT2D eigenvalue weighted by molar-refractivity contribution is 5.38. The van der Waals surface area contributed by atoms with E-state index in [1.165, 1.54) is 18.1 Å². The van der Waals surface area contributed by atoms with Gasteiger partial charge in [-0.05, 0) is 6.42 Å². The van der Waals surface area contributed by atoms with Gasteiger partial charge in [-0.15, -0.1) is 0 Å². The molecule has 0 amide bonds. The first-order chi connectivity index (χ1) is 6.93. The van der Waals surface area contributed by atoms with E-state index in [1.54, 1.807) is 0 Å². The van der Waals surface area contributed by atoms with Crippen molar-refractivity contribution in [2.75, 3.05) is 31.1 Å². The van der Waals surface area contributed by atoms with Crippen LogP contribution >= 0.6 is 0 Å². The van der Waals surface area contributed by atoms with Gasteiger partial charge in [-0.2, -0.15) is 0 Å². The normalized spacial score (nSPS) is 21.3. The van der Waals surface area contributed by atoms with Crippen molar-refractivity contribution in [3.8, 4) is 0 Å². The van der Waals surface area contributed by atoms with Crippen molar-refractivity contribution < 1.29 is 0 Å². The molecule has 4 heteroatoms. The fourth-order valence-corrected chi connectivity index (χ4v) is 2.29. The number of hydrogen-bond acceptors (Lipinski definition) is 3. The molecule has 14 heavy (non-hydrogen) atoms. The third kappa shape index (κ3) is 1.30. The number of imidazole rings is 1. The molecule has 0 radical (unpaired) electrons. The highest BCUT2D eigenvalue weighted by atomic mass is 15.3. The zero-order valence-electron chi connectivity index (χ0n) is 8.37. The molecule has 2 aliphatic rings. The summed E-state index contributed by atoms with van der Waals surface area (Å²) in [5.41, 5.74) is 0. The fourth-order valence-electron chi connectivity index (χ4n) is 2.29. The topological polar surface area (TPSA) is 33.1 Å². The van der Waals surface area contributed by atoms with Crippen molar-refractivity contribution in [1.29, 1.82) is 0 Å². The minimum Gasteiger partial charge on any atom is -0.353 e. The third-order valence-corrected chi connectivity index (χ3v) is 3.09. The van der Waals surface area contributed by atoms with Crippen LogP contribution in [0.15, 0.2) is 6.20 Å². The second-order valence-electron chi connectivity index (χ2n) is 4.05. The Balaban J connectivity index is 1.82. The number of aryl methyl sites for hydroxylation is 2. The predicted molar refractivity (Wildman–Crippen MR) is 55.6 cm³/mol. The molecule has 2 aliphatic heterocycles. The lowest BCUT2D eigenvalue weighted by Gasteiger charge is -2.27. The van der Waals surface area contributed by atoms with Crippen LogP contribution in [0.2, 0.25) is 0 Å². The van der Waals surface area contributed by atoms with E-state index in [9.17, 15) is 0 Å². The maximum atomic E-state index is 4.68. The van der Waals surface area contributed by atoms with Crippen molar-refractivity contribution >= 4 is 5.82 Å². The van der Waals surface area contributed by atoms with Gasteiger partial charge < -0.3 is 14.8 Å². The van der Waals surface area contributed by atoms with E-state index in [0.717, 1.165) is 39.1 Å². The lowest BCUT2D eigenvalue weighted by atomic mass is 10.3. The Kier molecular flexibility index (Phi) is 1.94. The number of anilines is 1. The lowest BCUT2D eigenvalue weighted by Crippen LogP contribution is -2.43. The van der Waals surface area contributed by atoms with Gasteiger partial charge in [0.05, 0.1) is 0 Å². The van der Waals surface area contributed by atoms with Crippen LogP contribution in [0.25, 0.3) is 0 Å². The van der Waals surface area contributed by atoms with E-state index >= 15 is 0 Å². The molecule has 3 heterocycles. The average molecular weight is 192 g/mol. The monoisotopic (exact) mass is 192 g/mol. The Morgan fingerprint density at radius 3 is 2.86 bits per heavy atom. The highest BCUT2D eigenvalue weighted by Gasteiger charge is 2.18. The summed E-state index contributed by atoms with van der Waals surface area (Å²) in [6, 6.07) is 0. The van der Waals surface area contributed by atoms with Gasteiger partial charge in [-0.3, -0.25) is 0 Å². The zero-order chi connectivity index (χ0) is 9.38. The quantitative estimate of drug-likeness (QED) is 0.692. The number of hydrogen-bond donors (Lipinski definition) is 1. The summed E-state index contributed by atoms with van der Waals surface area (Å²) in [4.78, 5) is 7.05. The predicted octanol–water partition coefficient (Wildman–Crippen LogP) is 0.239. The molecular weight excluding hydrogens is 176 g/mol. The molecule has 76 valence electrons. The molecule has 0 aromatic carbocycles. The first-order valence-electron chi connectivity index (χ1n) is 5.45. The Morgan fingerprint density at radius 2 is 2.07 bits per heavy atom. The Hall–Kier alpha value is -1.03. The Morgan fingerprint density at radius 1 is 1.21 bits per heavy atom. The molecule has 0 unspecified atom stereocenters. The summed E-state index contributed by atoms with van der Waals surface area (Å²) < 4.78 is 2.30. The molecule has 1 saturated heterocycles. The van der Waals surface area contributed by atoms with Gasteiger partial charge in [0.15, 0.2) is 0 Å². The zero-order valence-corrected chi connectivity index (χ0v) is 8.37. The second-order valence-corrected chi connectivity index (χ2v) is 4.05. The number of aromatic nitrogens is 2. The summed E-state index contributed by atoms with van der Waals surface area (Å²) in [7, 11) is 0. The summed E-state index contributed by atoms with van der Waals surface area (Å²) in [5, 5.41) is 3.36. The average Bonchev–Trinajstić information content (AvgIpc) is 2.78. The molecular formula is C10H16N4. The van der Waals surface area contributed by atoms with Gasteiger partial charge in [-0.1, -0.05) is 0 Å². The van der Waals surface area contributed by atoms with Gasteiger partial charge in [0.2, 0.25) is 0 Å². The summed E-state index contributed by atoms with van der Waals surface area (Å²) in [6.07, 6.45) is 4.64. The van der Waals surface area contributed by atoms with Crippen molar-refractivity contribution in [3.63, 3.8) is 0 Å². The van der Waals surface area contributed by atoms with Gasteiger partial charge in [-0.25, -0.2) is 4.98 Å². The first kappa shape index (κ1) is 8.29. The van der Waals surface area contributed by atoms with Crippen LogP contribution in [0.3, 0.4) is 0 Å². The lowest BCUT2D eigenvalue weighted by molar-refractivity contribution is 0.584. The number of rotatable bonds is 1. The first-order valence-corrected chi connectivity index (χ1v) is 5.45. The fraction of sp³-hybridized carbons (Fsp3) is 0.700. The SMILES string of the molecule is c1c(N2CCNCC2)nc2n1CCC2. The van der Waals surface area contributed by atoms with Crippen LogP contribution < -0.4 is 10.2 Å². The highest BCUT2D eigenvalue weighted by Crippen LogP contribution is 2.20.